The molecule has 0 N–H and O–H groups in total. The van der Waals surface area contributed by atoms with E-state index in [4.69, 9.17) is 23.2 Å². The van der Waals surface area contributed by atoms with Gasteiger partial charge in [0.1, 0.15) is 11.2 Å². The minimum Gasteiger partial charge on any atom is -0.301 e. The van der Waals surface area contributed by atoms with E-state index in [0.29, 0.717) is 11.4 Å². The summed E-state index contributed by atoms with van der Waals surface area (Å²) in [6.45, 7) is 3.62. The fourth-order valence-electron chi connectivity index (χ4n) is 1.26. The van der Waals surface area contributed by atoms with Crippen molar-refractivity contribution in [3.63, 3.8) is 0 Å². The van der Waals surface area contributed by atoms with Crippen LogP contribution in [0.4, 0.5) is 0 Å². The Morgan fingerprint density at radius 1 is 1.50 bits per heavy atom. The molecule has 0 heterocycles. The summed E-state index contributed by atoms with van der Waals surface area (Å²) in [7, 11) is 0. The summed E-state index contributed by atoms with van der Waals surface area (Å²) in [4.78, 5) is 9.82. The van der Waals surface area contributed by atoms with Crippen LogP contribution in [0.2, 0.25) is 5.02 Å². The fraction of sp³-hybridized carbons (Fsp3) is 0.364. The maximum atomic E-state index is 10.7. The fourth-order valence-corrected chi connectivity index (χ4v) is 1.60. The highest BCUT2D eigenvalue weighted by molar-refractivity contribution is 6.32. The van der Waals surface area contributed by atoms with E-state index in [9.17, 15) is 4.79 Å². The van der Waals surface area contributed by atoms with Crippen molar-refractivity contribution in [3.05, 3.63) is 34.3 Å². The van der Waals surface area contributed by atoms with Gasteiger partial charge in [-0.2, -0.15) is 0 Å². The molecule has 1 aromatic carbocycles. The molecule has 1 unspecified atom stereocenters. The maximum Gasteiger partial charge on any atom is 0.140 e. The zero-order chi connectivity index (χ0) is 10.8. The molecule has 0 spiro atoms. The summed E-state index contributed by atoms with van der Waals surface area (Å²) < 4.78 is 0. The normalized spacial score (nSPS) is 14.9. The third-order valence-electron chi connectivity index (χ3n) is 2.16. The van der Waals surface area contributed by atoms with Crippen molar-refractivity contribution in [2.24, 2.45) is 0 Å². The molecule has 0 radical (unpaired) electrons. The number of alkyl halides is 1. The van der Waals surface area contributed by atoms with E-state index in [2.05, 4.69) is 0 Å². The van der Waals surface area contributed by atoms with Gasteiger partial charge in [0.2, 0.25) is 0 Å². The number of rotatable bonds is 3. The number of carbonyl (C=O) groups is 1. The van der Waals surface area contributed by atoms with Gasteiger partial charge in [0.25, 0.3) is 0 Å². The van der Waals surface area contributed by atoms with Crippen molar-refractivity contribution < 1.29 is 4.79 Å². The van der Waals surface area contributed by atoms with Crippen LogP contribution in [-0.4, -0.2) is 11.2 Å². The van der Waals surface area contributed by atoms with Crippen LogP contribution in [0.3, 0.4) is 0 Å². The lowest BCUT2D eigenvalue weighted by Gasteiger charge is -2.16. The van der Waals surface area contributed by atoms with E-state index >= 15 is 0 Å². The lowest BCUT2D eigenvalue weighted by Crippen LogP contribution is -2.21. The molecular weight excluding hydrogens is 219 g/mol. The van der Waals surface area contributed by atoms with Crippen molar-refractivity contribution in [1.29, 1.82) is 0 Å². The average Bonchev–Trinajstić information content (AvgIpc) is 2.13. The number of hydrogen-bond acceptors (Lipinski definition) is 1. The Morgan fingerprint density at radius 3 is 2.71 bits per heavy atom. The highest BCUT2D eigenvalue weighted by Gasteiger charge is 2.21. The molecule has 76 valence electrons. The number of benzene rings is 1. The third-order valence-corrected chi connectivity index (χ3v) is 2.79. The minimum absolute atomic E-state index is 0.504. The Kier molecular flexibility index (Phi) is 3.57. The molecule has 0 fully saturated rings. The second-order valence-corrected chi connectivity index (χ2v) is 4.87. The lowest BCUT2D eigenvalue weighted by molar-refractivity contribution is -0.109. The molecule has 0 aliphatic rings. The molecule has 0 saturated carbocycles. The van der Waals surface area contributed by atoms with E-state index in [1.807, 2.05) is 25.1 Å². The van der Waals surface area contributed by atoms with Crippen LogP contribution in [-0.2, 0) is 11.2 Å². The zero-order valence-electron chi connectivity index (χ0n) is 8.18. The number of halogens is 2. The van der Waals surface area contributed by atoms with Crippen molar-refractivity contribution in [2.45, 2.75) is 25.1 Å². The van der Waals surface area contributed by atoms with Gasteiger partial charge in [-0.15, -0.1) is 11.6 Å². The second-order valence-electron chi connectivity index (χ2n) is 3.60. The minimum atomic E-state index is -0.838. The van der Waals surface area contributed by atoms with Gasteiger partial charge in [-0.05, 0) is 37.5 Å². The molecule has 3 heteroatoms. The first-order valence-electron chi connectivity index (χ1n) is 4.35. The number of carbonyl (C=O) groups excluding carboxylic acids is 1. The first-order chi connectivity index (χ1) is 6.46. The molecule has 1 atom stereocenters. The van der Waals surface area contributed by atoms with Gasteiger partial charge >= 0.3 is 0 Å². The first-order valence-corrected chi connectivity index (χ1v) is 5.11. The first kappa shape index (κ1) is 11.5. The maximum absolute atomic E-state index is 10.7. The van der Waals surface area contributed by atoms with Crippen LogP contribution in [0.5, 0.6) is 0 Å². The Morgan fingerprint density at radius 2 is 2.14 bits per heavy atom. The van der Waals surface area contributed by atoms with Crippen molar-refractivity contribution >= 4 is 29.5 Å². The number of hydrogen-bond donors (Lipinski definition) is 0. The van der Waals surface area contributed by atoms with Gasteiger partial charge < -0.3 is 4.79 Å². The van der Waals surface area contributed by atoms with Crippen molar-refractivity contribution in [1.82, 2.24) is 0 Å². The van der Waals surface area contributed by atoms with Crippen LogP contribution in [0.1, 0.15) is 18.1 Å². The van der Waals surface area contributed by atoms with E-state index in [-0.39, 0.29) is 0 Å². The Labute approximate surface area is 94.0 Å². The third kappa shape index (κ3) is 2.73. The summed E-state index contributed by atoms with van der Waals surface area (Å²) in [5.41, 5.74) is 2.00. The van der Waals surface area contributed by atoms with Crippen LogP contribution in [0.15, 0.2) is 18.2 Å². The predicted octanol–water partition coefficient (Wildman–Crippen LogP) is 3.39. The van der Waals surface area contributed by atoms with Gasteiger partial charge in [-0.25, -0.2) is 0 Å². The molecule has 1 rings (SSSR count). The summed E-state index contributed by atoms with van der Waals surface area (Å²) in [6, 6.07) is 5.63. The SMILES string of the molecule is Cc1c(Cl)cccc1CC(C)(Cl)C=O. The Bertz CT molecular complexity index is 345. The van der Waals surface area contributed by atoms with Crippen LogP contribution >= 0.6 is 23.2 Å². The largest absolute Gasteiger partial charge is 0.301 e. The molecule has 0 aliphatic carbocycles. The highest BCUT2D eigenvalue weighted by Crippen LogP contribution is 2.24. The molecule has 0 aromatic heterocycles. The predicted molar refractivity (Wildman–Crippen MR) is 60.2 cm³/mol. The van der Waals surface area contributed by atoms with Crippen LogP contribution in [0.25, 0.3) is 0 Å². The number of aldehydes is 1. The zero-order valence-corrected chi connectivity index (χ0v) is 9.69. The molecule has 14 heavy (non-hydrogen) atoms. The second kappa shape index (κ2) is 4.33. The molecule has 1 nitrogen and oxygen atoms in total. The summed E-state index contributed by atoms with van der Waals surface area (Å²) in [5.74, 6) is 0. The van der Waals surface area contributed by atoms with Gasteiger partial charge in [0, 0.05) is 5.02 Å². The van der Waals surface area contributed by atoms with E-state index in [1.165, 1.54) is 0 Å². The lowest BCUT2D eigenvalue weighted by atomic mass is 9.98. The van der Waals surface area contributed by atoms with Gasteiger partial charge in [0.15, 0.2) is 0 Å². The van der Waals surface area contributed by atoms with Gasteiger partial charge in [-0.1, -0.05) is 23.7 Å². The van der Waals surface area contributed by atoms with Crippen molar-refractivity contribution in [2.75, 3.05) is 0 Å². The quantitative estimate of drug-likeness (QED) is 0.575. The van der Waals surface area contributed by atoms with E-state index in [1.54, 1.807) is 6.92 Å². The Balaban J connectivity index is 2.98. The topological polar surface area (TPSA) is 17.1 Å². The smallest absolute Gasteiger partial charge is 0.140 e. The van der Waals surface area contributed by atoms with Crippen molar-refractivity contribution in [3.8, 4) is 0 Å². The molecule has 0 aliphatic heterocycles. The standard InChI is InChI=1S/C11H12Cl2O/c1-8-9(4-3-5-10(8)12)6-11(2,13)7-14/h3-5,7H,6H2,1-2H3. The molecule has 0 saturated heterocycles. The van der Waals surface area contributed by atoms with E-state index < -0.39 is 4.87 Å². The summed E-state index contributed by atoms with van der Waals surface area (Å²) in [5, 5.41) is 0.709. The van der Waals surface area contributed by atoms with Crippen LogP contribution < -0.4 is 0 Å². The highest BCUT2D eigenvalue weighted by atomic mass is 35.5. The summed E-state index contributed by atoms with van der Waals surface area (Å²) in [6.07, 6.45) is 1.26. The van der Waals surface area contributed by atoms with Crippen LogP contribution in [0, 0.1) is 6.92 Å². The monoisotopic (exact) mass is 230 g/mol. The molecule has 0 amide bonds. The molecule has 1 aromatic rings. The summed E-state index contributed by atoms with van der Waals surface area (Å²) >= 11 is 11.9. The van der Waals surface area contributed by atoms with E-state index in [0.717, 1.165) is 17.4 Å². The molecule has 0 bridgehead atoms. The van der Waals surface area contributed by atoms with Gasteiger partial charge in [0.05, 0.1) is 0 Å². The van der Waals surface area contributed by atoms with Gasteiger partial charge in [-0.3, -0.25) is 0 Å². The molecular formula is C11H12Cl2O. The Hall–Kier alpha value is -0.530. The average molecular weight is 231 g/mol.